The largest absolute Gasteiger partial charge is 0.311 e. The van der Waals surface area contributed by atoms with Crippen LogP contribution in [0.4, 0.5) is 51.2 Å². The molecule has 0 atom stereocenters. The van der Waals surface area contributed by atoms with Gasteiger partial charge < -0.3 is 14.7 Å². The molecule has 12 rings (SSSR count). The third-order valence-corrected chi connectivity index (χ3v) is 16.1. The zero-order chi connectivity index (χ0) is 47.1. The van der Waals surface area contributed by atoms with Gasteiger partial charge in [0.05, 0.1) is 0 Å². The third kappa shape index (κ3) is 6.47. The van der Waals surface area contributed by atoms with Crippen molar-refractivity contribution < 1.29 is 0 Å². The van der Waals surface area contributed by atoms with Crippen molar-refractivity contribution in [2.45, 2.75) is 104 Å². The molecule has 2 aliphatic heterocycles. The predicted octanol–water partition coefficient (Wildman–Crippen LogP) is 15.4. The molecule has 0 unspecified atom stereocenters. The fraction of sp³-hybridized carbons (Fsp3) is 0.250. The molecule has 3 nitrogen and oxygen atoms in total. The molecule has 0 bridgehead atoms. The second kappa shape index (κ2) is 14.9. The van der Waals surface area contributed by atoms with Gasteiger partial charge in [-0.15, -0.1) is 0 Å². The van der Waals surface area contributed by atoms with Gasteiger partial charge in [-0.3, -0.25) is 0 Å². The van der Waals surface area contributed by atoms with Crippen molar-refractivity contribution in [2.75, 3.05) is 14.7 Å². The van der Waals surface area contributed by atoms with Crippen LogP contribution in [0.3, 0.4) is 0 Å². The van der Waals surface area contributed by atoms with Crippen LogP contribution in [0.1, 0.15) is 102 Å². The lowest BCUT2D eigenvalue weighted by molar-refractivity contribution is 0.403. The summed E-state index contributed by atoms with van der Waals surface area (Å²) < 4.78 is 0. The fourth-order valence-electron chi connectivity index (χ4n) is 13.7. The average molecular weight is 884 g/mol. The second-order valence-corrected chi connectivity index (χ2v) is 23.0. The highest BCUT2D eigenvalue weighted by Gasteiger charge is 2.49. The maximum absolute atomic E-state index is 2.66. The van der Waals surface area contributed by atoms with Gasteiger partial charge >= 0.3 is 0 Å². The summed E-state index contributed by atoms with van der Waals surface area (Å²) in [5.41, 5.74) is 26.1. The summed E-state index contributed by atoms with van der Waals surface area (Å²) in [6, 6.07) is 64.5. The summed E-state index contributed by atoms with van der Waals surface area (Å²) in [5, 5.41) is 0. The smallest absolute Gasteiger partial charge is 0.252 e. The molecule has 2 aliphatic carbocycles. The molecule has 0 fully saturated rings. The number of hydrogen-bond donors (Lipinski definition) is 0. The molecule has 8 aromatic carbocycles. The first-order chi connectivity index (χ1) is 32.5. The molecule has 0 N–H and O–H groups in total. The highest BCUT2D eigenvalue weighted by atomic mass is 15.2. The van der Waals surface area contributed by atoms with Gasteiger partial charge in [-0.2, -0.15) is 0 Å². The van der Waals surface area contributed by atoms with Crippen LogP contribution in [0.15, 0.2) is 170 Å². The van der Waals surface area contributed by atoms with Crippen molar-refractivity contribution in [3.05, 3.63) is 203 Å². The Bertz CT molecular complexity index is 3290. The lowest BCUT2D eigenvalue weighted by atomic mass is 9.33. The summed E-state index contributed by atoms with van der Waals surface area (Å²) in [4.78, 5) is 7.68. The van der Waals surface area contributed by atoms with Crippen molar-refractivity contribution in [3.63, 3.8) is 0 Å². The molecule has 0 aromatic heterocycles. The van der Waals surface area contributed by atoms with E-state index >= 15 is 0 Å². The molecular formula is C64H62BN3. The van der Waals surface area contributed by atoms with Crippen molar-refractivity contribution in [1.82, 2.24) is 0 Å². The predicted molar refractivity (Wildman–Crippen MR) is 291 cm³/mol. The van der Waals surface area contributed by atoms with E-state index in [1.54, 1.807) is 0 Å². The van der Waals surface area contributed by atoms with Gasteiger partial charge in [-0.25, -0.2) is 0 Å². The summed E-state index contributed by atoms with van der Waals surface area (Å²) in [5.74, 6) is 0. The Kier molecular flexibility index (Phi) is 9.30. The van der Waals surface area contributed by atoms with E-state index in [9.17, 15) is 0 Å². The number of para-hydroxylation sites is 2. The summed E-state index contributed by atoms with van der Waals surface area (Å²) >= 11 is 0. The highest BCUT2D eigenvalue weighted by Crippen LogP contribution is 2.55. The Hall–Kier alpha value is -6.78. The number of hydrogen-bond acceptors (Lipinski definition) is 3. The number of aryl methyl sites for hydroxylation is 2. The minimum atomic E-state index is 0.00700. The summed E-state index contributed by atoms with van der Waals surface area (Å²) in [7, 11) is 0. The number of fused-ring (bicyclic) bond motifs is 6. The molecule has 0 amide bonds. The first-order valence-corrected chi connectivity index (χ1v) is 24.8. The van der Waals surface area contributed by atoms with Crippen molar-refractivity contribution in [3.8, 4) is 11.1 Å². The quantitative estimate of drug-likeness (QED) is 0.154. The van der Waals surface area contributed by atoms with Gasteiger partial charge in [0.15, 0.2) is 0 Å². The van der Waals surface area contributed by atoms with E-state index in [1.165, 1.54) is 95.0 Å². The lowest BCUT2D eigenvalue weighted by Gasteiger charge is -2.45. The lowest BCUT2D eigenvalue weighted by Crippen LogP contribution is -2.61. The molecule has 0 saturated heterocycles. The van der Waals surface area contributed by atoms with Crippen LogP contribution < -0.4 is 31.1 Å². The minimum Gasteiger partial charge on any atom is -0.311 e. The van der Waals surface area contributed by atoms with Crippen LogP contribution in [0, 0.1) is 13.8 Å². The first-order valence-electron chi connectivity index (χ1n) is 24.8. The molecular weight excluding hydrogens is 822 g/mol. The Morgan fingerprint density at radius 1 is 0.397 bits per heavy atom. The van der Waals surface area contributed by atoms with E-state index in [0.717, 1.165) is 29.9 Å². The van der Waals surface area contributed by atoms with Crippen molar-refractivity contribution in [1.29, 1.82) is 0 Å². The van der Waals surface area contributed by atoms with E-state index < -0.39 is 0 Å². The SMILES string of the molecule is Cc1cc2c3c(c1)N(c1ccc(-c4ccccc4)cc1C)c1cc(N(c4ccccc4)c4ccccc4)ccc1B3c1cc3c(cc1N2c1ccc2c(c1)C(C)(C)CC2(C)C)C(C)(C)CC3(C)C. The Morgan fingerprint density at radius 3 is 1.56 bits per heavy atom. The van der Waals surface area contributed by atoms with Gasteiger partial charge in [0.2, 0.25) is 0 Å². The number of anilines is 9. The van der Waals surface area contributed by atoms with Crippen LogP contribution in [0.25, 0.3) is 11.1 Å². The van der Waals surface area contributed by atoms with Crippen LogP contribution in [-0.4, -0.2) is 6.71 Å². The number of rotatable bonds is 6. The highest BCUT2D eigenvalue weighted by molar-refractivity contribution is 7.00. The average Bonchev–Trinajstić information content (AvgIpc) is 3.62. The molecule has 0 saturated carbocycles. The van der Waals surface area contributed by atoms with Crippen LogP contribution in [-0.2, 0) is 21.7 Å². The standard InChI is InChI=1S/C64H62BN3/c1-41-32-58-60-59(33-41)68(55-31-26-44(34-42(55)2)43-20-14-11-15-21-43)56-36-48(66(45-22-16-12-17-23-45)46-24-18-13-19-25-46)28-30-53(56)65(60)54-37-51-52(64(9,10)40-63(51,7)8)38-57(54)67(58)47-27-29-49-50(35-47)62(5,6)39-61(49,3)4/h11-38H,39-40H2,1-10H3. The maximum Gasteiger partial charge on any atom is 0.252 e. The molecule has 336 valence electrons. The molecule has 4 heteroatoms. The molecule has 2 heterocycles. The van der Waals surface area contributed by atoms with Gasteiger partial charge in [0.1, 0.15) is 0 Å². The van der Waals surface area contributed by atoms with Gasteiger partial charge in [-0.1, -0.05) is 146 Å². The minimum absolute atomic E-state index is 0.00700. The number of benzene rings is 8. The fourth-order valence-corrected chi connectivity index (χ4v) is 13.7. The van der Waals surface area contributed by atoms with E-state index in [0.29, 0.717) is 0 Å². The normalized spacial score (nSPS) is 17.2. The zero-order valence-corrected chi connectivity index (χ0v) is 41.5. The zero-order valence-electron chi connectivity index (χ0n) is 41.5. The third-order valence-electron chi connectivity index (χ3n) is 16.1. The molecule has 8 aromatic rings. The Labute approximate surface area is 405 Å². The monoisotopic (exact) mass is 884 g/mol. The molecule has 4 aliphatic rings. The van der Waals surface area contributed by atoms with Crippen LogP contribution >= 0.6 is 0 Å². The molecule has 0 radical (unpaired) electrons. The van der Waals surface area contributed by atoms with Gasteiger partial charge in [-0.05, 0) is 188 Å². The number of nitrogens with zero attached hydrogens (tertiary/aromatic N) is 3. The summed E-state index contributed by atoms with van der Waals surface area (Å²) in [6.07, 6.45) is 2.25. The maximum atomic E-state index is 2.66. The Morgan fingerprint density at radius 2 is 0.941 bits per heavy atom. The van der Waals surface area contributed by atoms with E-state index in [1.807, 2.05) is 0 Å². The van der Waals surface area contributed by atoms with Crippen LogP contribution in [0.2, 0.25) is 0 Å². The van der Waals surface area contributed by atoms with E-state index in [4.69, 9.17) is 0 Å². The Balaban J connectivity index is 1.16. The van der Waals surface area contributed by atoms with Crippen LogP contribution in [0.5, 0.6) is 0 Å². The second-order valence-electron chi connectivity index (χ2n) is 23.0. The molecule has 0 spiro atoms. The van der Waals surface area contributed by atoms with Crippen molar-refractivity contribution >= 4 is 74.3 Å². The topological polar surface area (TPSA) is 9.72 Å². The van der Waals surface area contributed by atoms with Crippen molar-refractivity contribution in [2.24, 2.45) is 0 Å². The van der Waals surface area contributed by atoms with E-state index in [2.05, 4.69) is 254 Å². The van der Waals surface area contributed by atoms with E-state index in [-0.39, 0.29) is 28.4 Å². The summed E-state index contributed by atoms with van der Waals surface area (Å²) in [6.45, 7) is 24.2. The van der Waals surface area contributed by atoms with Gasteiger partial charge in [0.25, 0.3) is 6.71 Å². The first kappa shape index (κ1) is 42.6. The molecule has 68 heavy (non-hydrogen) atoms. The van der Waals surface area contributed by atoms with Gasteiger partial charge in [0, 0.05) is 51.2 Å².